The molecular weight excluding hydrogens is 267 g/mol. The second-order valence-corrected chi connectivity index (χ2v) is 4.38. The molecule has 0 amide bonds. The Morgan fingerprint density at radius 1 is 1.39 bits per heavy atom. The van der Waals surface area contributed by atoms with E-state index in [1.54, 1.807) is 29.8 Å². The van der Waals surface area contributed by atoms with Gasteiger partial charge in [0.05, 0.1) is 24.1 Å². The van der Waals surface area contributed by atoms with Gasteiger partial charge in [-0.3, -0.25) is 0 Å². The van der Waals surface area contributed by atoms with E-state index in [1.807, 2.05) is 0 Å². The minimum Gasteiger partial charge on any atom is -0.330 e. The fourth-order valence-corrected chi connectivity index (χ4v) is 1.86. The number of hydrogen-bond donors (Lipinski definition) is 1. The molecule has 0 saturated heterocycles. The number of rotatable bonds is 3. The lowest BCUT2D eigenvalue weighted by molar-refractivity contribution is -0.125. The average molecular weight is 278 g/mol. The first-order chi connectivity index (χ1) is 8.37. The number of benzene rings is 1. The number of fused-ring (bicyclic) bond motifs is 1. The topological polar surface area (TPSA) is 29.9 Å². The third kappa shape index (κ3) is 2.94. The van der Waals surface area contributed by atoms with E-state index in [1.165, 1.54) is 0 Å². The molecule has 0 aliphatic carbocycles. The predicted octanol–water partition coefficient (Wildman–Crippen LogP) is 2.88. The Labute approximate surface area is 107 Å². The standard InChI is InChI=1S/C11H11ClF3N3/c1-18-9-3-2-7(12)4-8(9)17-10(18)5-16-6-11(13,14)15/h2-4,16H,5-6H2,1H3. The lowest BCUT2D eigenvalue weighted by Gasteiger charge is -2.07. The second kappa shape index (κ2) is 4.78. The van der Waals surface area contributed by atoms with Gasteiger partial charge < -0.3 is 9.88 Å². The third-order valence-electron chi connectivity index (χ3n) is 2.54. The number of aryl methyl sites for hydroxylation is 1. The fraction of sp³-hybridized carbons (Fsp3) is 0.364. The van der Waals surface area contributed by atoms with Gasteiger partial charge in [-0.05, 0) is 18.2 Å². The lowest BCUT2D eigenvalue weighted by atomic mass is 10.3. The summed E-state index contributed by atoms with van der Waals surface area (Å²) >= 11 is 5.83. The number of hydrogen-bond acceptors (Lipinski definition) is 2. The van der Waals surface area contributed by atoms with Crippen molar-refractivity contribution in [3.05, 3.63) is 29.0 Å². The molecule has 0 unspecified atom stereocenters. The Kier molecular flexibility index (Phi) is 3.49. The van der Waals surface area contributed by atoms with Crippen LogP contribution in [0, 0.1) is 0 Å². The van der Waals surface area contributed by atoms with Crippen LogP contribution in [0.1, 0.15) is 5.82 Å². The highest BCUT2D eigenvalue weighted by molar-refractivity contribution is 6.31. The average Bonchev–Trinajstić information content (AvgIpc) is 2.53. The summed E-state index contributed by atoms with van der Waals surface area (Å²) in [6.07, 6.45) is -4.21. The van der Waals surface area contributed by atoms with Crippen LogP contribution in [0.4, 0.5) is 13.2 Å². The Morgan fingerprint density at radius 2 is 2.11 bits per heavy atom. The molecule has 18 heavy (non-hydrogen) atoms. The van der Waals surface area contributed by atoms with Crippen molar-refractivity contribution in [2.45, 2.75) is 12.7 Å². The van der Waals surface area contributed by atoms with Gasteiger partial charge in [0.25, 0.3) is 0 Å². The van der Waals surface area contributed by atoms with Crippen LogP contribution in [0.2, 0.25) is 5.02 Å². The van der Waals surface area contributed by atoms with Crippen LogP contribution in [0.5, 0.6) is 0 Å². The summed E-state index contributed by atoms with van der Waals surface area (Å²) in [6, 6.07) is 5.20. The molecule has 98 valence electrons. The molecule has 3 nitrogen and oxygen atoms in total. The van der Waals surface area contributed by atoms with Crippen molar-refractivity contribution in [3.8, 4) is 0 Å². The summed E-state index contributed by atoms with van der Waals surface area (Å²) in [5.41, 5.74) is 1.51. The molecule has 1 heterocycles. The molecular formula is C11H11ClF3N3. The number of nitrogens with zero attached hydrogens (tertiary/aromatic N) is 2. The third-order valence-corrected chi connectivity index (χ3v) is 2.78. The van der Waals surface area contributed by atoms with E-state index in [4.69, 9.17) is 11.6 Å². The molecule has 2 aromatic rings. The Morgan fingerprint density at radius 3 is 2.78 bits per heavy atom. The van der Waals surface area contributed by atoms with E-state index < -0.39 is 12.7 Å². The molecule has 2 rings (SSSR count). The van der Waals surface area contributed by atoms with Crippen LogP contribution in [-0.4, -0.2) is 22.3 Å². The van der Waals surface area contributed by atoms with Crippen LogP contribution in [0.25, 0.3) is 11.0 Å². The quantitative estimate of drug-likeness (QED) is 0.935. The summed E-state index contributed by atoms with van der Waals surface area (Å²) in [5, 5.41) is 2.87. The summed E-state index contributed by atoms with van der Waals surface area (Å²) in [7, 11) is 1.76. The Bertz CT molecular complexity index is 562. The van der Waals surface area contributed by atoms with Crippen LogP contribution < -0.4 is 5.32 Å². The minimum absolute atomic E-state index is 0.0578. The monoisotopic (exact) mass is 277 g/mol. The molecule has 7 heteroatoms. The summed E-state index contributed by atoms with van der Waals surface area (Å²) in [5.74, 6) is 0.538. The van der Waals surface area contributed by atoms with Crippen molar-refractivity contribution in [1.29, 1.82) is 0 Å². The molecule has 0 saturated carbocycles. The highest BCUT2D eigenvalue weighted by atomic mass is 35.5. The highest BCUT2D eigenvalue weighted by Gasteiger charge is 2.26. The largest absolute Gasteiger partial charge is 0.401 e. The molecule has 0 bridgehead atoms. The van der Waals surface area contributed by atoms with Crippen molar-refractivity contribution in [1.82, 2.24) is 14.9 Å². The number of imidazole rings is 1. The molecule has 1 N–H and O–H groups in total. The molecule has 1 aromatic heterocycles. The lowest BCUT2D eigenvalue weighted by Crippen LogP contribution is -2.29. The van der Waals surface area contributed by atoms with E-state index in [9.17, 15) is 13.2 Å². The second-order valence-electron chi connectivity index (χ2n) is 3.94. The maximum absolute atomic E-state index is 12.0. The first-order valence-corrected chi connectivity index (χ1v) is 5.63. The van der Waals surface area contributed by atoms with Crippen LogP contribution in [0.3, 0.4) is 0 Å². The molecule has 0 atom stereocenters. The van der Waals surface area contributed by atoms with Crippen molar-refractivity contribution in [2.24, 2.45) is 7.05 Å². The zero-order chi connectivity index (χ0) is 13.3. The van der Waals surface area contributed by atoms with Crippen LogP contribution in [0.15, 0.2) is 18.2 Å². The summed E-state index contributed by atoms with van der Waals surface area (Å²) < 4.78 is 37.8. The zero-order valence-electron chi connectivity index (χ0n) is 9.55. The van der Waals surface area contributed by atoms with Crippen LogP contribution in [-0.2, 0) is 13.6 Å². The van der Waals surface area contributed by atoms with Crippen molar-refractivity contribution in [2.75, 3.05) is 6.54 Å². The van der Waals surface area contributed by atoms with Gasteiger partial charge in [0.15, 0.2) is 0 Å². The van der Waals surface area contributed by atoms with Crippen molar-refractivity contribution >= 4 is 22.6 Å². The van der Waals surface area contributed by atoms with Gasteiger partial charge in [-0.2, -0.15) is 13.2 Å². The van der Waals surface area contributed by atoms with Crippen molar-refractivity contribution < 1.29 is 13.2 Å². The SMILES string of the molecule is Cn1c(CNCC(F)(F)F)nc2cc(Cl)ccc21. The number of alkyl halides is 3. The molecule has 0 aliphatic heterocycles. The maximum Gasteiger partial charge on any atom is 0.401 e. The van der Waals surface area contributed by atoms with Gasteiger partial charge in [-0.1, -0.05) is 11.6 Å². The molecule has 0 radical (unpaired) electrons. The Hall–Kier alpha value is -1.27. The summed E-state index contributed by atoms with van der Waals surface area (Å²) in [4.78, 5) is 4.24. The van der Waals surface area contributed by atoms with E-state index >= 15 is 0 Å². The predicted molar refractivity (Wildman–Crippen MR) is 63.5 cm³/mol. The maximum atomic E-state index is 12.0. The zero-order valence-corrected chi connectivity index (χ0v) is 10.3. The van der Waals surface area contributed by atoms with E-state index in [0.29, 0.717) is 16.4 Å². The minimum atomic E-state index is -4.21. The number of halogens is 4. The first-order valence-electron chi connectivity index (χ1n) is 5.25. The van der Waals surface area contributed by atoms with Gasteiger partial charge in [-0.15, -0.1) is 0 Å². The van der Waals surface area contributed by atoms with Gasteiger partial charge in [0.2, 0.25) is 0 Å². The van der Waals surface area contributed by atoms with Crippen LogP contribution >= 0.6 is 11.6 Å². The highest BCUT2D eigenvalue weighted by Crippen LogP contribution is 2.19. The summed E-state index contributed by atoms with van der Waals surface area (Å²) in [6.45, 7) is -0.973. The number of nitrogens with one attached hydrogen (secondary N) is 1. The van der Waals surface area contributed by atoms with Gasteiger partial charge >= 0.3 is 6.18 Å². The van der Waals surface area contributed by atoms with E-state index in [2.05, 4.69) is 10.3 Å². The van der Waals surface area contributed by atoms with Gasteiger partial charge in [0.1, 0.15) is 5.82 Å². The molecule has 0 aliphatic rings. The number of aromatic nitrogens is 2. The molecule has 0 fully saturated rings. The van der Waals surface area contributed by atoms with Gasteiger partial charge in [-0.25, -0.2) is 4.98 Å². The molecule has 1 aromatic carbocycles. The normalized spacial score (nSPS) is 12.3. The van der Waals surface area contributed by atoms with E-state index in [0.717, 1.165) is 5.52 Å². The van der Waals surface area contributed by atoms with E-state index in [-0.39, 0.29) is 6.54 Å². The molecule has 0 spiro atoms. The van der Waals surface area contributed by atoms with Gasteiger partial charge in [0, 0.05) is 12.1 Å². The first kappa shape index (κ1) is 13.2. The Balaban J connectivity index is 2.16. The smallest absolute Gasteiger partial charge is 0.330 e. The van der Waals surface area contributed by atoms with Crippen molar-refractivity contribution in [3.63, 3.8) is 0 Å². The fourth-order valence-electron chi connectivity index (χ4n) is 1.70.